The lowest BCUT2D eigenvalue weighted by atomic mass is 10.0. The number of hydrogen-bond acceptors (Lipinski definition) is 4. The molecule has 1 atom stereocenters. The Bertz CT molecular complexity index is 1800. The molecule has 10 heteroatoms. The van der Waals surface area contributed by atoms with Crippen LogP contribution < -0.4 is 9.62 Å². The molecule has 5 rings (SSSR count). The molecule has 7 nitrogen and oxygen atoms in total. The number of carbonyl (C=O) groups excluding carboxylic acids is 2. The van der Waals surface area contributed by atoms with Crippen molar-refractivity contribution in [2.45, 2.75) is 69.5 Å². The Hall–Kier alpha value is -3.66. The second kappa shape index (κ2) is 15.5. The molecular formula is C37H39BrClN3O4S. The van der Waals surface area contributed by atoms with Crippen LogP contribution in [0.15, 0.2) is 106 Å². The summed E-state index contributed by atoms with van der Waals surface area (Å²) in [4.78, 5) is 30.4. The fourth-order valence-corrected chi connectivity index (χ4v) is 7.93. The maximum absolute atomic E-state index is 14.7. The first-order valence-electron chi connectivity index (χ1n) is 15.7. The van der Waals surface area contributed by atoms with Crippen molar-refractivity contribution in [3.8, 4) is 0 Å². The molecule has 0 aromatic heterocycles. The smallest absolute Gasteiger partial charge is 0.264 e. The average molecular weight is 737 g/mol. The van der Waals surface area contributed by atoms with Crippen LogP contribution in [0.3, 0.4) is 0 Å². The first-order chi connectivity index (χ1) is 22.5. The van der Waals surface area contributed by atoms with E-state index in [0.717, 1.165) is 51.2 Å². The molecule has 246 valence electrons. The van der Waals surface area contributed by atoms with Crippen LogP contribution in [0, 0.1) is 13.8 Å². The van der Waals surface area contributed by atoms with E-state index in [0.29, 0.717) is 16.3 Å². The zero-order valence-electron chi connectivity index (χ0n) is 26.5. The normalized spacial score (nSPS) is 14.0. The molecule has 4 aromatic rings. The van der Waals surface area contributed by atoms with Gasteiger partial charge in [0, 0.05) is 28.5 Å². The molecule has 1 saturated carbocycles. The van der Waals surface area contributed by atoms with E-state index in [2.05, 4.69) is 21.2 Å². The van der Waals surface area contributed by atoms with Crippen LogP contribution in [0.4, 0.5) is 5.69 Å². The maximum atomic E-state index is 14.7. The first-order valence-corrected chi connectivity index (χ1v) is 18.4. The number of aryl methyl sites for hydroxylation is 2. The van der Waals surface area contributed by atoms with Gasteiger partial charge in [0.25, 0.3) is 10.0 Å². The van der Waals surface area contributed by atoms with E-state index in [9.17, 15) is 18.0 Å². The Labute approximate surface area is 291 Å². The van der Waals surface area contributed by atoms with Crippen molar-refractivity contribution in [3.05, 3.63) is 129 Å². The van der Waals surface area contributed by atoms with E-state index in [1.807, 2.05) is 61.5 Å². The number of sulfonamides is 1. The van der Waals surface area contributed by atoms with Gasteiger partial charge in [-0.3, -0.25) is 13.9 Å². The zero-order chi connectivity index (χ0) is 33.6. The highest BCUT2D eigenvalue weighted by molar-refractivity contribution is 9.10. The molecule has 1 N–H and O–H groups in total. The van der Waals surface area contributed by atoms with E-state index in [-0.39, 0.29) is 29.8 Å². The van der Waals surface area contributed by atoms with Crippen LogP contribution >= 0.6 is 27.5 Å². The van der Waals surface area contributed by atoms with Crippen molar-refractivity contribution in [3.63, 3.8) is 0 Å². The zero-order valence-corrected chi connectivity index (χ0v) is 29.7. The average Bonchev–Trinajstić information content (AvgIpc) is 3.56. The Morgan fingerprint density at radius 2 is 1.55 bits per heavy atom. The van der Waals surface area contributed by atoms with Crippen LogP contribution in [0.2, 0.25) is 5.02 Å². The molecule has 0 spiro atoms. The number of nitrogens with one attached hydrogen (secondary N) is 1. The largest absolute Gasteiger partial charge is 0.352 e. The van der Waals surface area contributed by atoms with Crippen molar-refractivity contribution >= 4 is 55.1 Å². The van der Waals surface area contributed by atoms with Crippen LogP contribution in [0.1, 0.15) is 47.9 Å². The third-order valence-corrected chi connectivity index (χ3v) is 11.1. The number of rotatable bonds is 12. The molecule has 0 radical (unpaired) electrons. The third kappa shape index (κ3) is 8.83. The molecule has 0 saturated heterocycles. The van der Waals surface area contributed by atoms with E-state index < -0.39 is 28.5 Å². The molecule has 1 aliphatic carbocycles. The molecule has 0 bridgehead atoms. The summed E-state index contributed by atoms with van der Waals surface area (Å²) in [5.74, 6) is -0.748. The van der Waals surface area contributed by atoms with Gasteiger partial charge in [-0.15, -0.1) is 0 Å². The summed E-state index contributed by atoms with van der Waals surface area (Å²) in [5, 5.41) is 3.66. The molecule has 1 unspecified atom stereocenters. The topological polar surface area (TPSA) is 86.8 Å². The number of amides is 2. The molecular weight excluding hydrogens is 698 g/mol. The molecule has 4 aromatic carbocycles. The lowest BCUT2D eigenvalue weighted by molar-refractivity contribution is -0.140. The second-order valence-corrected chi connectivity index (χ2v) is 15.3. The monoisotopic (exact) mass is 735 g/mol. The fraction of sp³-hybridized carbons (Fsp3) is 0.297. The number of benzene rings is 4. The minimum Gasteiger partial charge on any atom is -0.352 e. The predicted octanol–water partition coefficient (Wildman–Crippen LogP) is 7.61. The lowest BCUT2D eigenvalue weighted by Crippen LogP contribution is -2.54. The number of anilines is 1. The van der Waals surface area contributed by atoms with Crippen molar-refractivity contribution < 1.29 is 18.0 Å². The van der Waals surface area contributed by atoms with E-state index in [4.69, 9.17) is 11.6 Å². The number of hydrogen-bond donors (Lipinski definition) is 1. The van der Waals surface area contributed by atoms with Gasteiger partial charge in [-0.05, 0) is 85.8 Å². The quantitative estimate of drug-likeness (QED) is 0.162. The van der Waals surface area contributed by atoms with Gasteiger partial charge in [0.1, 0.15) is 12.6 Å². The second-order valence-electron chi connectivity index (χ2n) is 12.1. The van der Waals surface area contributed by atoms with Crippen LogP contribution in [-0.4, -0.2) is 43.8 Å². The highest BCUT2D eigenvalue weighted by Crippen LogP contribution is 2.30. The summed E-state index contributed by atoms with van der Waals surface area (Å²) in [6.07, 6.45) is 4.14. The minimum atomic E-state index is -4.20. The third-order valence-electron chi connectivity index (χ3n) is 8.55. The first kappa shape index (κ1) is 34.7. The van der Waals surface area contributed by atoms with Gasteiger partial charge in [-0.25, -0.2) is 8.42 Å². The Morgan fingerprint density at radius 1 is 0.894 bits per heavy atom. The summed E-state index contributed by atoms with van der Waals surface area (Å²) < 4.78 is 30.6. The van der Waals surface area contributed by atoms with Gasteiger partial charge in [0.05, 0.1) is 10.6 Å². The summed E-state index contributed by atoms with van der Waals surface area (Å²) >= 11 is 9.74. The summed E-state index contributed by atoms with van der Waals surface area (Å²) in [6, 6.07) is 27.7. The Balaban J connectivity index is 1.58. The predicted molar refractivity (Wildman–Crippen MR) is 191 cm³/mol. The summed E-state index contributed by atoms with van der Waals surface area (Å²) in [5.41, 5.74) is 3.54. The lowest BCUT2D eigenvalue weighted by Gasteiger charge is -2.34. The van der Waals surface area contributed by atoms with Gasteiger partial charge < -0.3 is 10.2 Å². The van der Waals surface area contributed by atoms with E-state index in [1.165, 1.54) is 4.90 Å². The highest BCUT2D eigenvalue weighted by atomic mass is 79.9. The SMILES string of the molecule is Cc1ccc(S(=O)(=O)N(CC(=O)N(Cc2ccc(Br)cc2)C(Cc2ccccc2)C(=O)NC2CCCC2)c2ccc(Cl)cc2C)cc1. The molecule has 47 heavy (non-hydrogen) atoms. The maximum Gasteiger partial charge on any atom is 0.264 e. The summed E-state index contributed by atoms with van der Waals surface area (Å²) in [7, 11) is -4.20. The van der Waals surface area contributed by atoms with Crippen molar-refractivity contribution in [1.82, 2.24) is 10.2 Å². The Kier molecular flexibility index (Phi) is 11.4. The fourth-order valence-electron chi connectivity index (χ4n) is 5.96. The standard InChI is InChI=1S/C37H39BrClN3O4S/c1-26-12-19-33(20-13-26)47(45,46)42(34-21-18-31(39)22-27(34)2)25-36(43)41(24-29-14-16-30(38)17-15-29)35(23-28-8-4-3-5-9-28)37(44)40-32-10-6-7-11-32/h3-5,8-9,12-22,32,35H,6-7,10-11,23-25H2,1-2H3,(H,40,44). The van der Waals surface area contributed by atoms with Gasteiger partial charge in [0.2, 0.25) is 11.8 Å². The van der Waals surface area contributed by atoms with Crippen LogP contribution in [0.25, 0.3) is 0 Å². The van der Waals surface area contributed by atoms with E-state index >= 15 is 0 Å². The number of nitrogens with zero attached hydrogens (tertiary/aromatic N) is 2. The van der Waals surface area contributed by atoms with Gasteiger partial charge in [0.15, 0.2) is 0 Å². The van der Waals surface area contributed by atoms with Crippen LogP contribution in [-0.2, 0) is 32.6 Å². The molecule has 0 heterocycles. The molecule has 2 amide bonds. The molecule has 1 aliphatic rings. The summed E-state index contributed by atoms with van der Waals surface area (Å²) in [6.45, 7) is 3.23. The number of halogens is 2. The van der Waals surface area contributed by atoms with Gasteiger partial charge >= 0.3 is 0 Å². The van der Waals surface area contributed by atoms with Gasteiger partial charge in [-0.1, -0.05) is 101 Å². The molecule has 0 aliphatic heterocycles. The number of carbonyl (C=O) groups is 2. The van der Waals surface area contributed by atoms with Crippen molar-refractivity contribution in [1.29, 1.82) is 0 Å². The minimum absolute atomic E-state index is 0.0422. The van der Waals surface area contributed by atoms with E-state index in [1.54, 1.807) is 49.4 Å². The highest BCUT2D eigenvalue weighted by Gasteiger charge is 2.36. The van der Waals surface area contributed by atoms with Crippen molar-refractivity contribution in [2.75, 3.05) is 10.8 Å². The van der Waals surface area contributed by atoms with Crippen LogP contribution in [0.5, 0.6) is 0 Å². The Morgan fingerprint density at radius 3 is 2.19 bits per heavy atom. The van der Waals surface area contributed by atoms with Gasteiger partial charge in [-0.2, -0.15) is 0 Å². The van der Waals surface area contributed by atoms with Crippen molar-refractivity contribution in [2.24, 2.45) is 0 Å². The molecule has 1 fully saturated rings.